The highest BCUT2D eigenvalue weighted by Gasteiger charge is 2.08. The van der Waals surface area contributed by atoms with Crippen molar-refractivity contribution in [1.82, 2.24) is 0 Å². The summed E-state index contributed by atoms with van der Waals surface area (Å²) in [7, 11) is 0. The van der Waals surface area contributed by atoms with Gasteiger partial charge in [0.1, 0.15) is 5.75 Å². The maximum atomic E-state index is 12.2. The van der Waals surface area contributed by atoms with E-state index in [2.05, 4.69) is 11.4 Å². The van der Waals surface area contributed by atoms with Crippen molar-refractivity contribution in [3.05, 3.63) is 77.0 Å². The Morgan fingerprint density at radius 1 is 1.00 bits per heavy atom. The number of anilines is 1. The number of hydrogen-bond donors (Lipinski definition) is 1. The number of benzene rings is 2. The molecule has 0 radical (unpaired) electrons. The van der Waals surface area contributed by atoms with Crippen LogP contribution in [0.25, 0.3) is 0 Å². The predicted molar refractivity (Wildman–Crippen MR) is 102 cm³/mol. The van der Waals surface area contributed by atoms with Gasteiger partial charge in [-0.05, 0) is 35.7 Å². The SMILES string of the molecule is O=C(CSCc1cccs1)Nc1ccccc1Oc1ccccc1. The Balaban J connectivity index is 1.57. The second-order valence-corrected chi connectivity index (χ2v) is 7.05. The first-order valence-electron chi connectivity index (χ1n) is 7.53. The van der Waals surface area contributed by atoms with Gasteiger partial charge in [-0.1, -0.05) is 36.4 Å². The quantitative estimate of drug-likeness (QED) is 0.615. The number of nitrogens with one attached hydrogen (secondary N) is 1. The van der Waals surface area contributed by atoms with Gasteiger partial charge in [-0.25, -0.2) is 0 Å². The maximum absolute atomic E-state index is 12.2. The van der Waals surface area contributed by atoms with Gasteiger partial charge in [-0.3, -0.25) is 4.79 Å². The van der Waals surface area contributed by atoms with Crippen LogP contribution in [-0.2, 0) is 10.5 Å². The third-order valence-corrected chi connectivity index (χ3v) is 5.23. The Morgan fingerprint density at radius 3 is 2.58 bits per heavy atom. The van der Waals surface area contributed by atoms with E-state index < -0.39 is 0 Å². The molecular weight excluding hydrogens is 338 g/mol. The van der Waals surface area contributed by atoms with Crippen molar-refractivity contribution >= 4 is 34.7 Å². The van der Waals surface area contributed by atoms with Gasteiger partial charge in [0.25, 0.3) is 0 Å². The fraction of sp³-hybridized carbons (Fsp3) is 0.105. The van der Waals surface area contributed by atoms with Gasteiger partial charge in [-0.2, -0.15) is 0 Å². The van der Waals surface area contributed by atoms with Gasteiger partial charge in [0, 0.05) is 10.6 Å². The fourth-order valence-electron chi connectivity index (χ4n) is 2.10. The molecule has 1 heterocycles. The molecule has 0 aliphatic heterocycles. The Labute approximate surface area is 149 Å². The van der Waals surface area contributed by atoms with E-state index in [9.17, 15) is 4.79 Å². The molecule has 0 fully saturated rings. The summed E-state index contributed by atoms with van der Waals surface area (Å²) < 4.78 is 5.85. The van der Waals surface area contributed by atoms with Crippen molar-refractivity contribution < 1.29 is 9.53 Å². The van der Waals surface area contributed by atoms with Crippen molar-refractivity contribution in [2.75, 3.05) is 11.1 Å². The normalized spacial score (nSPS) is 10.3. The van der Waals surface area contributed by atoms with Crippen molar-refractivity contribution in [3.63, 3.8) is 0 Å². The molecule has 24 heavy (non-hydrogen) atoms. The zero-order chi connectivity index (χ0) is 16.6. The minimum Gasteiger partial charge on any atom is -0.455 e. The summed E-state index contributed by atoms with van der Waals surface area (Å²) in [6.45, 7) is 0. The first kappa shape index (κ1) is 16.6. The van der Waals surface area contributed by atoms with Gasteiger partial charge in [-0.15, -0.1) is 23.1 Å². The minimum absolute atomic E-state index is 0.0272. The zero-order valence-electron chi connectivity index (χ0n) is 13.0. The lowest BCUT2D eigenvalue weighted by Gasteiger charge is -2.12. The summed E-state index contributed by atoms with van der Waals surface area (Å²) in [5, 5.41) is 4.98. The monoisotopic (exact) mass is 355 g/mol. The average molecular weight is 355 g/mol. The number of para-hydroxylation sites is 3. The molecule has 0 unspecified atom stereocenters. The molecule has 0 aliphatic carbocycles. The van der Waals surface area contributed by atoms with E-state index in [1.54, 1.807) is 23.1 Å². The first-order chi connectivity index (χ1) is 11.8. The summed E-state index contributed by atoms with van der Waals surface area (Å²) in [6.07, 6.45) is 0. The average Bonchev–Trinajstić information content (AvgIpc) is 3.11. The molecule has 0 spiro atoms. The van der Waals surface area contributed by atoms with E-state index in [1.165, 1.54) is 4.88 Å². The predicted octanol–water partition coefficient (Wildman–Crippen LogP) is 5.41. The van der Waals surface area contributed by atoms with E-state index in [0.29, 0.717) is 17.2 Å². The largest absolute Gasteiger partial charge is 0.455 e. The number of carbonyl (C=O) groups excluding carboxylic acids is 1. The molecule has 122 valence electrons. The standard InChI is InChI=1S/C19H17NO2S2/c21-19(14-23-13-16-9-6-12-24-16)20-17-10-4-5-11-18(17)22-15-7-2-1-3-8-15/h1-12H,13-14H2,(H,20,21). The Kier molecular flexibility index (Phi) is 5.93. The summed E-state index contributed by atoms with van der Waals surface area (Å²) >= 11 is 3.32. The maximum Gasteiger partial charge on any atom is 0.234 e. The molecule has 1 N–H and O–H groups in total. The van der Waals surface area contributed by atoms with Gasteiger partial charge < -0.3 is 10.1 Å². The highest BCUT2D eigenvalue weighted by Crippen LogP contribution is 2.29. The van der Waals surface area contributed by atoms with Crippen LogP contribution in [-0.4, -0.2) is 11.7 Å². The summed E-state index contributed by atoms with van der Waals surface area (Å²) in [6, 6.07) is 21.1. The molecule has 0 atom stereocenters. The molecule has 0 bridgehead atoms. The van der Waals surface area contributed by atoms with Crippen LogP contribution in [0.3, 0.4) is 0 Å². The lowest BCUT2D eigenvalue weighted by Crippen LogP contribution is -2.14. The molecule has 3 aromatic rings. The molecular formula is C19H17NO2S2. The fourth-order valence-corrected chi connectivity index (χ4v) is 3.77. The topological polar surface area (TPSA) is 38.3 Å². The highest BCUT2D eigenvalue weighted by atomic mass is 32.2. The summed E-state index contributed by atoms with van der Waals surface area (Å²) in [5.74, 6) is 2.62. The number of thiophene rings is 1. The van der Waals surface area contributed by atoms with E-state index in [1.807, 2.05) is 66.0 Å². The van der Waals surface area contributed by atoms with E-state index in [-0.39, 0.29) is 5.91 Å². The van der Waals surface area contributed by atoms with Gasteiger partial charge in [0.2, 0.25) is 5.91 Å². The van der Waals surface area contributed by atoms with Crippen LogP contribution in [0.4, 0.5) is 5.69 Å². The van der Waals surface area contributed by atoms with Crippen LogP contribution >= 0.6 is 23.1 Å². The molecule has 1 aromatic heterocycles. The van der Waals surface area contributed by atoms with Crippen LogP contribution < -0.4 is 10.1 Å². The lowest BCUT2D eigenvalue weighted by atomic mass is 10.3. The second kappa shape index (κ2) is 8.57. The molecule has 0 saturated carbocycles. The molecule has 3 rings (SSSR count). The van der Waals surface area contributed by atoms with Crippen LogP contribution in [0, 0.1) is 0 Å². The van der Waals surface area contributed by atoms with Crippen LogP contribution in [0.15, 0.2) is 72.1 Å². The number of ether oxygens (including phenoxy) is 1. The third-order valence-electron chi connectivity index (χ3n) is 3.19. The molecule has 0 saturated heterocycles. The third kappa shape index (κ3) is 4.88. The number of thioether (sulfide) groups is 1. The number of rotatable bonds is 7. The minimum atomic E-state index is -0.0272. The number of amides is 1. The van der Waals surface area contributed by atoms with E-state index in [0.717, 1.165) is 11.5 Å². The van der Waals surface area contributed by atoms with Gasteiger partial charge in [0.15, 0.2) is 5.75 Å². The van der Waals surface area contributed by atoms with Crippen molar-refractivity contribution in [2.24, 2.45) is 0 Å². The van der Waals surface area contributed by atoms with Crippen LogP contribution in [0.5, 0.6) is 11.5 Å². The van der Waals surface area contributed by atoms with Crippen LogP contribution in [0.2, 0.25) is 0 Å². The van der Waals surface area contributed by atoms with E-state index in [4.69, 9.17) is 4.74 Å². The highest BCUT2D eigenvalue weighted by molar-refractivity contribution is 7.99. The van der Waals surface area contributed by atoms with Gasteiger partial charge >= 0.3 is 0 Å². The number of hydrogen-bond acceptors (Lipinski definition) is 4. The zero-order valence-corrected chi connectivity index (χ0v) is 14.6. The smallest absolute Gasteiger partial charge is 0.234 e. The Bertz CT molecular complexity index is 773. The second-order valence-electron chi connectivity index (χ2n) is 5.03. The Morgan fingerprint density at radius 2 is 1.79 bits per heavy atom. The molecule has 3 nitrogen and oxygen atoms in total. The number of carbonyl (C=O) groups is 1. The molecule has 0 aliphatic rings. The summed E-state index contributed by atoms with van der Waals surface area (Å²) in [5.41, 5.74) is 0.683. The molecule has 2 aromatic carbocycles. The van der Waals surface area contributed by atoms with Crippen molar-refractivity contribution in [2.45, 2.75) is 5.75 Å². The Hall–Kier alpha value is -2.24. The van der Waals surface area contributed by atoms with Gasteiger partial charge in [0.05, 0.1) is 11.4 Å². The van der Waals surface area contributed by atoms with Crippen molar-refractivity contribution in [3.8, 4) is 11.5 Å². The lowest BCUT2D eigenvalue weighted by molar-refractivity contribution is -0.113. The van der Waals surface area contributed by atoms with Crippen molar-refractivity contribution in [1.29, 1.82) is 0 Å². The summed E-state index contributed by atoms with van der Waals surface area (Å²) in [4.78, 5) is 13.4. The van der Waals surface area contributed by atoms with E-state index >= 15 is 0 Å². The first-order valence-corrected chi connectivity index (χ1v) is 9.56. The molecule has 5 heteroatoms. The molecule has 1 amide bonds. The van der Waals surface area contributed by atoms with Crippen LogP contribution in [0.1, 0.15) is 4.88 Å².